The molecule has 0 amide bonds. The number of carboxylic acid groups (broad SMARTS) is 1. The van der Waals surface area contributed by atoms with Gasteiger partial charge in [-0.2, -0.15) is 0 Å². The molecule has 5 N–H and O–H groups in total. The SMILES string of the molecule is COc1cc(-c2cc(S(=O)(=O)Nc3ccc(C(=O)O)c(O)c3)sc2Cl)ccc1N. The Morgan fingerprint density at radius 3 is 2.55 bits per heavy atom. The molecule has 0 aliphatic heterocycles. The summed E-state index contributed by atoms with van der Waals surface area (Å²) in [5.41, 5.74) is 7.01. The maximum absolute atomic E-state index is 12.7. The molecule has 1 aromatic heterocycles. The standard InChI is InChI=1S/C18H15ClN2O6S2/c1-27-15-6-9(2-5-13(15)20)12-8-16(28-17(12)19)29(25,26)21-10-3-4-11(18(23)24)14(22)7-10/h2-8,21-22H,20H2,1H3,(H,23,24). The fraction of sp³-hybridized carbons (Fsp3) is 0.0556. The number of nitrogens with two attached hydrogens (primary N) is 1. The number of thiophene rings is 1. The van der Waals surface area contributed by atoms with Gasteiger partial charge in [0, 0.05) is 11.6 Å². The molecular weight excluding hydrogens is 440 g/mol. The Kier molecular flexibility index (Phi) is 5.60. The number of hydrogen-bond acceptors (Lipinski definition) is 7. The molecule has 0 aliphatic rings. The van der Waals surface area contributed by atoms with Crippen LogP contribution >= 0.6 is 22.9 Å². The fourth-order valence-corrected chi connectivity index (χ4v) is 5.35. The van der Waals surface area contributed by atoms with Crippen molar-refractivity contribution < 1.29 is 28.2 Å². The predicted molar refractivity (Wildman–Crippen MR) is 112 cm³/mol. The van der Waals surface area contributed by atoms with E-state index >= 15 is 0 Å². The summed E-state index contributed by atoms with van der Waals surface area (Å²) >= 11 is 7.11. The lowest BCUT2D eigenvalue weighted by Crippen LogP contribution is -2.11. The van der Waals surface area contributed by atoms with Crippen LogP contribution in [0.25, 0.3) is 11.1 Å². The number of phenols is 1. The van der Waals surface area contributed by atoms with Gasteiger partial charge in [0.2, 0.25) is 0 Å². The first-order valence-electron chi connectivity index (χ1n) is 7.94. The molecule has 1 heterocycles. The van der Waals surface area contributed by atoms with E-state index in [-0.39, 0.29) is 19.8 Å². The maximum atomic E-state index is 12.7. The van der Waals surface area contributed by atoms with Gasteiger partial charge in [-0.3, -0.25) is 4.72 Å². The van der Waals surface area contributed by atoms with Crippen LogP contribution in [0.4, 0.5) is 11.4 Å². The Morgan fingerprint density at radius 2 is 1.93 bits per heavy atom. The number of ether oxygens (including phenoxy) is 1. The van der Waals surface area contributed by atoms with Crippen LogP contribution in [0.15, 0.2) is 46.7 Å². The Hall–Kier alpha value is -2.95. The highest BCUT2D eigenvalue weighted by molar-refractivity contribution is 7.94. The van der Waals surface area contributed by atoms with Gasteiger partial charge in [0.05, 0.1) is 18.5 Å². The molecule has 0 unspecified atom stereocenters. The highest BCUT2D eigenvalue weighted by Gasteiger charge is 2.22. The summed E-state index contributed by atoms with van der Waals surface area (Å²) in [6.45, 7) is 0. The molecule has 0 spiro atoms. The van der Waals surface area contributed by atoms with E-state index in [2.05, 4.69) is 4.72 Å². The zero-order valence-corrected chi connectivity index (χ0v) is 17.2. The van der Waals surface area contributed by atoms with E-state index in [1.54, 1.807) is 18.2 Å². The number of halogens is 1. The lowest BCUT2D eigenvalue weighted by atomic mass is 10.1. The Labute approximate surface area is 175 Å². The number of carbonyl (C=O) groups is 1. The van der Waals surface area contributed by atoms with Crippen LogP contribution < -0.4 is 15.2 Å². The predicted octanol–water partition coefficient (Wildman–Crippen LogP) is 3.86. The molecule has 29 heavy (non-hydrogen) atoms. The van der Waals surface area contributed by atoms with Crippen molar-refractivity contribution in [3.05, 3.63) is 52.4 Å². The van der Waals surface area contributed by atoms with Crippen molar-refractivity contribution in [3.8, 4) is 22.6 Å². The Morgan fingerprint density at radius 1 is 1.21 bits per heavy atom. The largest absolute Gasteiger partial charge is 0.507 e. The van der Waals surface area contributed by atoms with E-state index in [9.17, 15) is 18.3 Å². The third kappa shape index (κ3) is 4.24. The smallest absolute Gasteiger partial charge is 0.339 e. The van der Waals surface area contributed by atoms with E-state index in [0.717, 1.165) is 23.5 Å². The quantitative estimate of drug-likeness (QED) is 0.414. The highest BCUT2D eigenvalue weighted by Crippen LogP contribution is 2.40. The molecule has 0 bridgehead atoms. The first-order chi connectivity index (χ1) is 13.6. The zero-order chi connectivity index (χ0) is 21.3. The molecular formula is C18H15ClN2O6S2. The second-order valence-corrected chi connectivity index (χ2v) is 9.42. The Bertz CT molecular complexity index is 1210. The molecule has 3 aromatic rings. The molecule has 0 aliphatic carbocycles. The van der Waals surface area contributed by atoms with E-state index in [1.165, 1.54) is 19.2 Å². The minimum Gasteiger partial charge on any atom is -0.507 e. The molecule has 0 fully saturated rings. The van der Waals surface area contributed by atoms with Crippen molar-refractivity contribution in [1.82, 2.24) is 0 Å². The summed E-state index contributed by atoms with van der Waals surface area (Å²) < 4.78 is 33.1. The maximum Gasteiger partial charge on any atom is 0.339 e. The molecule has 11 heteroatoms. The minimum absolute atomic E-state index is 0.00715. The van der Waals surface area contributed by atoms with Gasteiger partial charge >= 0.3 is 5.97 Å². The van der Waals surface area contributed by atoms with Crippen LogP contribution in [0.1, 0.15) is 10.4 Å². The van der Waals surface area contributed by atoms with Crippen molar-refractivity contribution >= 4 is 50.3 Å². The van der Waals surface area contributed by atoms with Crippen molar-refractivity contribution in [2.45, 2.75) is 4.21 Å². The van der Waals surface area contributed by atoms with Crippen molar-refractivity contribution in [2.24, 2.45) is 0 Å². The number of anilines is 2. The summed E-state index contributed by atoms with van der Waals surface area (Å²) in [6, 6.07) is 9.73. The van der Waals surface area contributed by atoms with Crippen LogP contribution in [0.3, 0.4) is 0 Å². The second kappa shape index (κ2) is 7.82. The van der Waals surface area contributed by atoms with Gasteiger partial charge in [-0.25, -0.2) is 13.2 Å². The number of carboxylic acids is 1. The minimum atomic E-state index is -4.03. The lowest BCUT2D eigenvalue weighted by Gasteiger charge is -2.08. The van der Waals surface area contributed by atoms with Gasteiger partial charge in [-0.1, -0.05) is 17.7 Å². The monoisotopic (exact) mass is 454 g/mol. The van der Waals surface area contributed by atoms with Gasteiger partial charge in [0.1, 0.15) is 25.6 Å². The first kappa shape index (κ1) is 20.8. The van der Waals surface area contributed by atoms with Crippen molar-refractivity contribution in [2.75, 3.05) is 17.6 Å². The third-order valence-corrected chi connectivity index (χ3v) is 7.17. The molecule has 0 saturated heterocycles. The highest BCUT2D eigenvalue weighted by atomic mass is 35.5. The second-order valence-electron chi connectivity index (χ2n) is 5.85. The third-order valence-electron chi connectivity index (χ3n) is 3.95. The molecule has 0 radical (unpaired) electrons. The van der Waals surface area contributed by atoms with Crippen molar-refractivity contribution in [3.63, 3.8) is 0 Å². The Balaban J connectivity index is 1.94. The average Bonchev–Trinajstić information content (AvgIpc) is 3.04. The van der Waals surface area contributed by atoms with Gasteiger partial charge in [-0.15, -0.1) is 11.3 Å². The topological polar surface area (TPSA) is 139 Å². The number of aromatic carboxylic acids is 1. The van der Waals surface area contributed by atoms with E-state index in [1.807, 2.05) is 0 Å². The lowest BCUT2D eigenvalue weighted by molar-refractivity contribution is 0.0694. The van der Waals surface area contributed by atoms with Crippen LogP contribution in [0.5, 0.6) is 11.5 Å². The molecule has 2 aromatic carbocycles. The number of aromatic hydroxyl groups is 1. The van der Waals surface area contributed by atoms with Gasteiger partial charge in [-0.05, 0) is 35.9 Å². The summed E-state index contributed by atoms with van der Waals surface area (Å²) in [4.78, 5) is 11.0. The van der Waals surface area contributed by atoms with E-state index in [0.29, 0.717) is 22.6 Å². The fourth-order valence-electron chi connectivity index (χ4n) is 2.54. The number of rotatable bonds is 6. The zero-order valence-electron chi connectivity index (χ0n) is 14.8. The summed E-state index contributed by atoms with van der Waals surface area (Å²) in [5, 5.41) is 18.7. The van der Waals surface area contributed by atoms with E-state index < -0.39 is 21.7 Å². The van der Waals surface area contributed by atoms with Gasteiger partial charge < -0.3 is 20.7 Å². The average molecular weight is 455 g/mol. The summed E-state index contributed by atoms with van der Waals surface area (Å²) in [7, 11) is -2.56. The first-order valence-corrected chi connectivity index (χ1v) is 10.6. The molecule has 0 atom stereocenters. The van der Waals surface area contributed by atoms with Crippen LogP contribution in [-0.4, -0.2) is 31.7 Å². The number of hydrogen-bond donors (Lipinski definition) is 4. The van der Waals surface area contributed by atoms with Crippen LogP contribution in [-0.2, 0) is 10.0 Å². The molecule has 152 valence electrons. The number of methoxy groups -OCH3 is 1. The molecule has 0 saturated carbocycles. The van der Waals surface area contributed by atoms with Gasteiger partial charge in [0.15, 0.2) is 0 Å². The number of sulfonamides is 1. The van der Waals surface area contributed by atoms with Crippen LogP contribution in [0, 0.1) is 0 Å². The number of nitrogen functional groups attached to an aromatic ring is 1. The summed E-state index contributed by atoms with van der Waals surface area (Å²) in [5.74, 6) is -1.46. The number of nitrogens with one attached hydrogen (secondary N) is 1. The van der Waals surface area contributed by atoms with E-state index in [4.69, 9.17) is 27.2 Å². The van der Waals surface area contributed by atoms with Crippen LogP contribution in [0.2, 0.25) is 4.34 Å². The summed E-state index contributed by atoms with van der Waals surface area (Å²) in [6.07, 6.45) is 0. The molecule has 3 rings (SSSR count). The number of benzene rings is 2. The molecule has 8 nitrogen and oxygen atoms in total. The van der Waals surface area contributed by atoms with Gasteiger partial charge in [0.25, 0.3) is 10.0 Å². The normalized spacial score (nSPS) is 11.2. The van der Waals surface area contributed by atoms with Crippen molar-refractivity contribution in [1.29, 1.82) is 0 Å².